The highest BCUT2D eigenvalue weighted by Crippen LogP contribution is 2.31. The Kier molecular flexibility index (Phi) is 7.47. The van der Waals surface area contributed by atoms with Crippen molar-refractivity contribution < 1.29 is 19.2 Å². The normalized spacial score (nSPS) is 28.3. The Hall–Kier alpha value is -2.16. The molecule has 5 amide bonds. The monoisotopic (exact) mass is 449 g/mol. The van der Waals surface area contributed by atoms with E-state index in [1.165, 1.54) is 0 Å². The predicted molar refractivity (Wildman–Crippen MR) is 121 cm³/mol. The van der Waals surface area contributed by atoms with Crippen LogP contribution >= 0.6 is 0 Å². The maximum Gasteiger partial charge on any atom is 0.322 e. The molecule has 180 valence electrons. The molecule has 3 heterocycles. The number of rotatable bonds is 7. The number of nitrogens with one attached hydrogen (secondary N) is 3. The minimum atomic E-state index is -0.928. The summed E-state index contributed by atoms with van der Waals surface area (Å²) in [6.07, 6.45) is 2.66. The van der Waals surface area contributed by atoms with Gasteiger partial charge in [0.2, 0.25) is 11.8 Å². The molecule has 3 atom stereocenters. The van der Waals surface area contributed by atoms with Crippen LogP contribution in [0.2, 0.25) is 0 Å². The standard InChI is InChI=1S/C23H39N5O4/c1-14(2)12-17-19(29)28(11-8-24-17)18(13-15(3)4)20(30)27-9-6-16(7-10-27)23(5)21(31)25-22(32)26-23/h14-18,24H,6-13H2,1-5H3,(H2,25,26,31,32)/t17-,18-,23-/m0/s1. The second-order valence-electron chi connectivity index (χ2n) is 10.5. The third kappa shape index (κ3) is 5.08. The number of likely N-dealkylation sites (tertiary alicyclic amines) is 1. The van der Waals surface area contributed by atoms with Crippen LogP contribution in [0.5, 0.6) is 0 Å². The summed E-state index contributed by atoms with van der Waals surface area (Å²) in [4.78, 5) is 54.3. The summed E-state index contributed by atoms with van der Waals surface area (Å²) in [5.74, 6) is 0.371. The summed E-state index contributed by atoms with van der Waals surface area (Å²) >= 11 is 0. The Morgan fingerprint density at radius 2 is 1.72 bits per heavy atom. The number of hydrogen-bond acceptors (Lipinski definition) is 5. The van der Waals surface area contributed by atoms with Gasteiger partial charge in [0.1, 0.15) is 11.6 Å². The van der Waals surface area contributed by atoms with Gasteiger partial charge in [-0.25, -0.2) is 4.79 Å². The van der Waals surface area contributed by atoms with Crippen LogP contribution < -0.4 is 16.0 Å². The second kappa shape index (κ2) is 9.77. The molecule has 0 radical (unpaired) electrons. The highest BCUT2D eigenvalue weighted by Gasteiger charge is 2.49. The fraction of sp³-hybridized carbons (Fsp3) is 0.826. The number of hydrogen-bond donors (Lipinski definition) is 3. The quantitative estimate of drug-likeness (QED) is 0.504. The van der Waals surface area contributed by atoms with Crippen LogP contribution in [-0.2, 0) is 14.4 Å². The molecule has 3 aliphatic heterocycles. The lowest BCUT2D eigenvalue weighted by molar-refractivity contribution is -0.150. The Balaban J connectivity index is 1.68. The molecule has 3 rings (SSSR count). The van der Waals surface area contributed by atoms with Crippen LogP contribution in [0.3, 0.4) is 0 Å². The van der Waals surface area contributed by atoms with Gasteiger partial charge in [-0.05, 0) is 50.4 Å². The number of carbonyl (C=O) groups excluding carboxylic acids is 4. The fourth-order valence-corrected chi connectivity index (χ4v) is 5.26. The van der Waals surface area contributed by atoms with Gasteiger partial charge in [0.15, 0.2) is 0 Å². The number of carbonyl (C=O) groups is 4. The van der Waals surface area contributed by atoms with Gasteiger partial charge in [-0.2, -0.15) is 0 Å². The Morgan fingerprint density at radius 3 is 2.25 bits per heavy atom. The van der Waals surface area contributed by atoms with Crippen LogP contribution in [0, 0.1) is 17.8 Å². The largest absolute Gasteiger partial charge is 0.341 e. The first-order valence-corrected chi connectivity index (χ1v) is 12.0. The molecule has 0 spiro atoms. The maximum atomic E-state index is 13.6. The number of imide groups is 1. The first kappa shape index (κ1) is 24.5. The molecule has 3 saturated heterocycles. The van der Waals surface area contributed by atoms with Gasteiger partial charge >= 0.3 is 6.03 Å². The average molecular weight is 450 g/mol. The molecule has 0 unspecified atom stereocenters. The third-order valence-electron chi connectivity index (χ3n) is 7.08. The molecule has 0 bridgehead atoms. The van der Waals surface area contributed by atoms with E-state index in [1.807, 2.05) is 4.90 Å². The second-order valence-corrected chi connectivity index (χ2v) is 10.5. The van der Waals surface area contributed by atoms with Crippen LogP contribution in [0.15, 0.2) is 0 Å². The van der Waals surface area contributed by atoms with Gasteiger partial charge in [0, 0.05) is 26.2 Å². The van der Waals surface area contributed by atoms with Gasteiger partial charge in [-0.3, -0.25) is 19.7 Å². The number of piperidine rings is 1. The Bertz CT molecular complexity index is 747. The first-order chi connectivity index (χ1) is 15.0. The van der Waals surface area contributed by atoms with E-state index in [0.717, 1.165) is 6.42 Å². The van der Waals surface area contributed by atoms with E-state index in [0.29, 0.717) is 51.4 Å². The van der Waals surface area contributed by atoms with E-state index in [4.69, 9.17) is 0 Å². The van der Waals surface area contributed by atoms with Crippen LogP contribution in [0.4, 0.5) is 4.79 Å². The van der Waals surface area contributed by atoms with Crippen molar-refractivity contribution in [1.29, 1.82) is 0 Å². The topological polar surface area (TPSA) is 111 Å². The van der Waals surface area contributed by atoms with E-state index in [-0.39, 0.29) is 35.6 Å². The molecule has 9 heteroatoms. The molecular weight excluding hydrogens is 410 g/mol. The zero-order chi connectivity index (χ0) is 23.6. The van der Waals surface area contributed by atoms with Crippen molar-refractivity contribution in [3.05, 3.63) is 0 Å². The molecule has 3 N–H and O–H groups in total. The van der Waals surface area contributed by atoms with Gasteiger partial charge in [-0.1, -0.05) is 27.7 Å². The van der Waals surface area contributed by atoms with Crippen molar-refractivity contribution in [3.63, 3.8) is 0 Å². The van der Waals surface area contributed by atoms with E-state index in [9.17, 15) is 19.2 Å². The lowest BCUT2D eigenvalue weighted by atomic mass is 9.79. The van der Waals surface area contributed by atoms with E-state index < -0.39 is 17.6 Å². The average Bonchev–Trinajstić information content (AvgIpc) is 2.99. The minimum absolute atomic E-state index is 0.000703. The molecule has 0 aromatic carbocycles. The Labute approximate surface area is 191 Å². The maximum absolute atomic E-state index is 13.6. The van der Waals surface area contributed by atoms with Crippen molar-refractivity contribution in [1.82, 2.24) is 25.8 Å². The van der Waals surface area contributed by atoms with E-state index in [2.05, 4.69) is 43.6 Å². The summed E-state index contributed by atoms with van der Waals surface area (Å²) in [7, 11) is 0. The summed E-state index contributed by atoms with van der Waals surface area (Å²) in [5, 5.41) is 8.40. The molecule has 0 aromatic rings. The molecule has 0 aliphatic carbocycles. The predicted octanol–water partition coefficient (Wildman–Crippen LogP) is 1.08. The summed E-state index contributed by atoms with van der Waals surface area (Å²) in [6, 6.07) is -1.15. The molecule has 9 nitrogen and oxygen atoms in total. The van der Waals surface area contributed by atoms with Crippen molar-refractivity contribution in [2.75, 3.05) is 26.2 Å². The number of urea groups is 1. The molecule has 0 aromatic heterocycles. The number of nitrogens with zero attached hydrogens (tertiary/aromatic N) is 2. The first-order valence-electron chi connectivity index (χ1n) is 12.0. The zero-order valence-electron chi connectivity index (χ0n) is 20.1. The van der Waals surface area contributed by atoms with Crippen molar-refractivity contribution in [2.24, 2.45) is 17.8 Å². The molecule has 0 saturated carbocycles. The number of amides is 5. The van der Waals surface area contributed by atoms with Crippen molar-refractivity contribution >= 4 is 23.8 Å². The number of piperazine rings is 1. The fourth-order valence-electron chi connectivity index (χ4n) is 5.26. The molecular formula is C23H39N5O4. The van der Waals surface area contributed by atoms with Gasteiger partial charge in [-0.15, -0.1) is 0 Å². The molecule has 32 heavy (non-hydrogen) atoms. The SMILES string of the molecule is CC(C)C[C@@H]1NCCN([C@@H](CC(C)C)C(=O)N2CCC([C@]3(C)NC(=O)NC3=O)CC2)C1=O. The van der Waals surface area contributed by atoms with Gasteiger partial charge < -0.3 is 20.4 Å². The highest BCUT2D eigenvalue weighted by molar-refractivity contribution is 6.07. The van der Waals surface area contributed by atoms with Crippen molar-refractivity contribution in [2.45, 2.75) is 77.9 Å². The van der Waals surface area contributed by atoms with Crippen LogP contribution in [-0.4, -0.2) is 77.4 Å². The van der Waals surface area contributed by atoms with Gasteiger partial charge in [0.05, 0.1) is 6.04 Å². The molecule has 3 fully saturated rings. The lowest BCUT2D eigenvalue weighted by Crippen LogP contribution is -2.62. The van der Waals surface area contributed by atoms with E-state index in [1.54, 1.807) is 11.8 Å². The third-order valence-corrected chi connectivity index (χ3v) is 7.08. The smallest absolute Gasteiger partial charge is 0.322 e. The lowest BCUT2D eigenvalue weighted by Gasteiger charge is -2.43. The zero-order valence-corrected chi connectivity index (χ0v) is 20.1. The Morgan fingerprint density at radius 1 is 1.06 bits per heavy atom. The van der Waals surface area contributed by atoms with Crippen LogP contribution in [0.25, 0.3) is 0 Å². The minimum Gasteiger partial charge on any atom is -0.341 e. The summed E-state index contributed by atoms with van der Waals surface area (Å²) in [6.45, 7) is 12.4. The van der Waals surface area contributed by atoms with Gasteiger partial charge in [0.25, 0.3) is 5.91 Å². The van der Waals surface area contributed by atoms with Crippen molar-refractivity contribution in [3.8, 4) is 0 Å². The summed E-state index contributed by atoms with van der Waals surface area (Å²) < 4.78 is 0. The van der Waals surface area contributed by atoms with E-state index >= 15 is 0 Å². The van der Waals surface area contributed by atoms with Crippen LogP contribution in [0.1, 0.15) is 60.3 Å². The molecule has 3 aliphatic rings. The summed E-state index contributed by atoms with van der Waals surface area (Å²) in [5.41, 5.74) is -0.928. The highest BCUT2D eigenvalue weighted by atomic mass is 16.2.